The van der Waals surface area contributed by atoms with E-state index in [-0.39, 0.29) is 5.78 Å². The first kappa shape index (κ1) is 18.7. The molecule has 0 aliphatic heterocycles. The maximum Gasteiger partial charge on any atom is 0.180 e. The molecule has 7 heteroatoms. The number of ketones is 1. The van der Waals surface area contributed by atoms with E-state index in [0.29, 0.717) is 18.0 Å². The fourth-order valence-corrected chi connectivity index (χ4v) is 1.83. The monoisotopic (exact) mass is 331 g/mol. The van der Waals surface area contributed by atoms with Gasteiger partial charge in [0.25, 0.3) is 0 Å². The number of hydrogen-bond acceptors (Lipinski definition) is 5. The van der Waals surface area contributed by atoms with Gasteiger partial charge in [0.15, 0.2) is 5.11 Å². The molecule has 0 amide bonds. The molecule has 0 atom stereocenters. The lowest BCUT2D eigenvalue weighted by Crippen LogP contribution is -2.39. The second-order valence-electron chi connectivity index (χ2n) is 4.54. The van der Waals surface area contributed by atoms with Crippen LogP contribution in [0.3, 0.4) is 0 Å². The van der Waals surface area contributed by atoms with Crippen molar-refractivity contribution in [3.8, 4) is 0 Å². The molecule has 6 nitrogen and oxygen atoms in total. The van der Waals surface area contributed by atoms with Gasteiger partial charge in [-0.2, -0.15) is 0 Å². The van der Waals surface area contributed by atoms with Crippen LogP contribution >= 0.6 is 12.2 Å². The standard InChI is InChI=1S/C13H12N2O.C3H9N3S/c16-13(9-11-5-1-3-7-14-11)10-12-6-2-4-8-15-12;1-2-5-3(7)6-4/h1-8H,9-10H2;2,4H2,1H3,(H2,5,6,7). The number of nitrogens with zero attached hydrogens (tertiary/aromatic N) is 2. The van der Waals surface area contributed by atoms with Crippen molar-refractivity contribution in [1.29, 1.82) is 0 Å². The zero-order valence-corrected chi connectivity index (χ0v) is 13.8. The van der Waals surface area contributed by atoms with E-state index in [1.54, 1.807) is 12.4 Å². The Morgan fingerprint density at radius 2 is 1.61 bits per heavy atom. The number of nitrogens with one attached hydrogen (secondary N) is 2. The lowest BCUT2D eigenvalue weighted by Gasteiger charge is -2.00. The Labute approximate surface area is 141 Å². The van der Waals surface area contributed by atoms with Crippen molar-refractivity contribution in [3.05, 3.63) is 60.2 Å². The predicted octanol–water partition coefficient (Wildman–Crippen LogP) is 1.17. The van der Waals surface area contributed by atoms with Gasteiger partial charge >= 0.3 is 0 Å². The summed E-state index contributed by atoms with van der Waals surface area (Å²) in [6.45, 7) is 2.76. The first-order chi connectivity index (χ1) is 11.2. The third-order valence-corrected chi connectivity index (χ3v) is 2.94. The number of nitrogens with two attached hydrogens (primary N) is 1. The maximum absolute atomic E-state index is 11.7. The van der Waals surface area contributed by atoms with Crippen LogP contribution in [-0.2, 0) is 17.6 Å². The molecule has 4 N–H and O–H groups in total. The van der Waals surface area contributed by atoms with Crippen molar-refractivity contribution in [2.75, 3.05) is 6.54 Å². The summed E-state index contributed by atoms with van der Waals surface area (Å²) in [5, 5.41) is 3.28. The Morgan fingerprint density at radius 1 is 1.09 bits per heavy atom. The molecule has 0 bridgehead atoms. The summed E-state index contributed by atoms with van der Waals surface area (Å²) >= 11 is 4.61. The molecule has 0 saturated heterocycles. The van der Waals surface area contributed by atoms with E-state index in [4.69, 9.17) is 5.84 Å². The molecule has 122 valence electrons. The molecule has 2 rings (SSSR count). The van der Waals surface area contributed by atoms with Crippen LogP contribution in [0, 0.1) is 0 Å². The van der Waals surface area contributed by atoms with Gasteiger partial charge in [-0.1, -0.05) is 12.1 Å². The van der Waals surface area contributed by atoms with Gasteiger partial charge in [0.2, 0.25) is 0 Å². The third-order valence-electron chi connectivity index (χ3n) is 2.68. The fourth-order valence-electron chi connectivity index (χ4n) is 1.68. The summed E-state index contributed by atoms with van der Waals surface area (Å²) in [6, 6.07) is 11.2. The minimum atomic E-state index is 0.136. The summed E-state index contributed by atoms with van der Waals surface area (Å²) < 4.78 is 0. The average Bonchev–Trinajstić information content (AvgIpc) is 2.57. The van der Waals surface area contributed by atoms with Crippen LogP contribution in [0.2, 0.25) is 0 Å². The number of thiocarbonyl (C=S) groups is 1. The number of hydrogen-bond donors (Lipinski definition) is 3. The molecular formula is C16H21N5OS. The largest absolute Gasteiger partial charge is 0.362 e. The quantitative estimate of drug-likeness (QED) is 0.430. The summed E-state index contributed by atoms with van der Waals surface area (Å²) in [7, 11) is 0. The summed E-state index contributed by atoms with van der Waals surface area (Å²) in [4.78, 5) is 19.9. The van der Waals surface area contributed by atoms with E-state index in [1.165, 1.54) is 0 Å². The number of hydrazine groups is 1. The highest BCUT2D eigenvalue weighted by atomic mass is 32.1. The molecule has 23 heavy (non-hydrogen) atoms. The number of aromatic nitrogens is 2. The van der Waals surface area contributed by atoms with Crippen LogP contribution in [0.1, 0.15) is 18.3 Å². The first-order valence-corrected chi connectivity index (χ1v) is 7.62. The molecule has 0 aliphatic rings. The van der Waals surface area contributed by atoms with Gasteiger partial charge in [0.1, 0.15) is 5.78 Å². The van der Waals surface area contributed by atoms with Gasteiger partial charge < -0.3 is 10.7 Å². The van der Waals surface area contributed by atoms with Crippen LogP contribution in [0.5, 0.6) is 0 Å². The zero-order chi connectivity index (χ0) is 16.9. The molecule has 2 heterocycles. The van der Waals surface area contributed by atoms with Crippen molar-refractivity contribution >= 4 is 23.1 Å². The Kier molecular flexibility index (Phi) is 9.11. The normalized spacial score (nSPS) is 9.30. The Balaban J connectivity index is 0.000000322. The van der Waals surface area contributed by atoms with Crippen molar-refractivity contribution in [2.24, 2.45) is 5.84 Å². The number of pyridine rings is 2. The number of rotatable bonds is 5. The van der Waals surface area contributed by atoms with E-state index < -0.39 is 0 Å². The molecule has 0 aromatic carbocycles. The lowest BCUT2D eigenvalue weighted by molar-refractivity contribution is -0.117. The minimum absolute atomic E-state index is 0.136. The molecule has 0 aliphatic carbocycles. The highest BCUT2D eigenvalue weighted by Crippen LogP contribution is 2.01. The van der Waals surface area contributed by atoms with E-state index >= 15 is 0 Å². The number of carbonyl (C=O) groups is 1. The van der Waals surface area contributed by atoms with Crippen LogP contribution < -0.4 is 16.6 Å². The third kappa shape index (κ3) is 8.60. The summed E-state index contributed by atoms with van der Waals surface area (Å²) in [5.41, 5.74) is 3.90. The van der Waals surface area contributed by atoms with Crippen molar-refractivity contribution in [3.63, 3.8) is 0 Å². The van der Waals surface area contributed by atoms with E-state index in [1.807, 2.05) is 43.3 Å². The van der Waals surface area contributed by atoms with Crippen molar-refractivity contribution in [1.82, 2.24) is 20.7 Å². The van der Waals surface area contributed by atoms with Crippen molar-refractivity contribution < 1.29 is 4.79 Å². The zero-order valence-electron chi connectivity index (χ0n) is 13.0. The van der Waals surface area contributed by atoms with E-state index in [2.05, 4.69) is 32.9 Å². The van der Waals surface area contributed by atoms with Gasteiger partial charge in [0, 0.05) is 43.2 Å². The molecular weight excluding hydrogens is 310 g/mol. The summed E-state index contributed by atoms with van der Waals surface area (Å²) in [5.74, 6) is 5.04. The molecule has 0 saturated carbocycles. The average molecular weight is 331 g/mol. The molecule has 0 unspecified atom stereocenters. The number of carbonyl (C=O) groups excluding carboxylic acids is 1. The van der Waals surface area contributed by atoms with Crippen LogP contribution in [0.25, 0.3) is 0 Å². The van der Waals surface area contributed by atoms with Gasteiger partial charge in [-0.3, -0.25) is 14.8 Å². The molecule has 2 aromatic heterocycles. The second-order valence-corrected chi connectivity index (χ2v) is 4.95. The SMILES string of the molecule is CCNC(=S)NN.O=C(Cc1ccccn1)Cc1ccccn1. The van der Waals surface area contributed by atoms with E-state index in [9.17, 15) is 4.79 Å². The fraction of sp³-hybridized carbons (Fsp3) is 0.250. The van der Waals surface area contributed by atoms with Crippen LogP contribution in [0.4, 0.5) is 0 Å². The Morgan fingerprint density at radius 3 is 1.91 bits per heavy atom. The van der Waals surface area contributed by atoms with Gasteiger partial charge in [-0.15, -0.1) is 0 Å². The summed E-state index contributed by atoms with van der Waals surface area (Å²) in [6.07, 6.45) is 4.14. The number of Topliss-reactive ketones (excluding diaryl/α,β-unsaturated/α-hetero) is 1. The second kappa shape index (κ2) is 11.2. The Hall–Kier alpha value is -2.38. The molecule has 0 radical (unpaired) electrons. The van der Waals surface area contributed by atoms with Gasteiger partial charge in [0.05, 0.1) is 0 Å². The molecule has 0 fully saturated rings. The smallest absolute Gasteiger partial charge is 0.180 e. The van der Waals surface area contributed by atoms with Gasteiger partial charge in [-0.25, -0.2) is 5.84 Å². The molecule has 2 aromatic rings. The topological polar surface area (TPSA) is 92.9 Å². The van der Waals surface area contributed by atoms with Crippen LogP contribution in [-0.4, -0.2) is 27.4 Å². The maximum atomic E-state index is 11.7. The van der Waals surface area contributed by atoms with Crippen LogP contribution in [0.15, 0.2) is 48.8 Å². The Bertz CT molecular complexity index is 548. The highest BCUT2D eigenvalue weighted by Gasteiger charge is 2.06. The van der Waals surface area contributed by atoms with E-state index in [0.717, 1.165) is 17.9 Å². The molecule has 0 spiro atoms. The first-order valence-electron chi connectivity index (χ1n) is 7.21. The lowest BCUT2D eigenvalue weighted by atomic mass is 10.1. The highest BCUT2D eigenvalue weighted by molar-refractivity contribution is 7.80. The van der Waals surface area contributed by atoms with Gasteiger partial charge in [-0.05, 0) is 43.4 Å². The predicted molar refractivity (Wildman–Crippen MR) is 94.5 cm³/mol. The minimum Gasteiger partial charge on any atom is -0.362 e. The van der Waals surface area contributed by atoms with Crippen molar-refractivity contribution in [2.45, 2.75) is 19.8 Å².